The van der Waals surface area contributed by atoms with Crippen molar-refractivity contribution >= 4 is 5.65 Å². The predicted molar refractivity (Wildman–Crippen MR) is 73.3 cm³/mol. The Morgan fingerprint density at radius 2 is 1.83 bits per heavy atom. The topological polar surface area (TPSA) is 43.3 Å². The minimum absolute atomic E-state index is 0.550. The average Bonchev–Trinajstić information content (AvgIpc) is 2.82. The van der Waals surface area contributed by atoms with E-state index >= 15 is 0 Å². The molecule has 3 heteroatoms. The first kappa shape index (κ1) is 11.0. The molecule has 0 atom stereocenters. The highest BCUT2D eigenvalue weighted by Crippen LogP contribution is 2.19. The molecule has 0 saturated heterocycles. The molecule has 3 nitrogen and oxygen atoms in total. The van der Waals surface area contributed by atoms with Gasteiger partial charge in [-0.1, -0.05) is 35.9 Å². The Bertz CT molecular complexity index is 681. The monoisotopic (exact) mass is 237 g/mol. The molecular weight excluding hydrogens is 222 g/mol. The number of aromatic nitrogens is 2. The fraction of sp³-hybridized carbons (Fsp3) is 0.133. The maximum atomic E-state index is 5.64. The number of aryl methyl sites for hydroxylation is 1. The van der Waals surface area contributed by atoms with Gasteiger partial charge in [-0.15, -0.1) is 0 Å². The lowest BCUT2D eigenvalue weighted by Gasteiger charge is -1.97. The lowest BCUT2D eigenvalue weighted by Crippen LogP contribution is -1.97. The average molecular weight is 237 g/mol. The standard InChI is InChI=1S/C15H15N3/c1-11-2-5-13(6-3-11)14-10-18-9-12(8-16)4-7-15(18)17-14/h2-7,9-10H,8,16H2,1H3. The van der Waals surface area contributed by atoms with Crippen molar-refractivity contribution in [1.82, 2.24) is 9.38 Å². The van der Waals surface area contributed by atoms with Gasteiger partial charge in [0.15, 0.2) is 0 Å². The summed E-state index contributed by atoms with van der Waals surface area (Å²) in [4.78, 5) is 4.61. The van der Waals surface area contributed by atoms with Crippen LogP contribution >= 0.6 is 0 Å². The van der Waals surface area contributed by atoms with Gasteiger partial charge in [0, 0.05) is 24.5 Å². The highest BCUT2D eigenvalue weighted by atomic mass is 15.0. The van der Waals surface area contributed by atoms with Gasteiger partial charge >= 0.3 is 0 Å². The highest BCUT2D eigenvalue weighted by Gasteiger charge is 2.04. The number of benzene rings is 1. The zero-order chi connectivity index (χ0) is 12.5. The van der Waals surface area contributed by atoms with Gasteiger partial charge in [0.05, 0.1) is 5.69 Å². The molecule has 0 fully saturated rings. The third-order valence-electron chi connectivity index (χ3n) is 3.10. The zero-order valence-electron chi connectivity index (χ0n) is 10.3. The molecule has 0 amide bonds. The second kappa shape index (κ2) is 4.27. The van der Waals surface area contributed by atoms with Crippen molar-refractivity contribution in [3.05, 3.63) is 59.9 Å². The number of fused-ring (bicyclic) bond motifs is 1. The van der Waals surface area contributed by atoms with Gasteiger partial charge in [-0.3, -0.25) is 0 Å². The van der Waals surface area contributed by atoms with E-state index in [2.05, 4.69) is 36.2 Å². The molecule has 1 aromatic carbocycles. The quantitative estimate of drug-likeness (QED) is 0.744. The van der Waals surface area contributed by atoms with E-state index in [0.717, 1.165) is 22.5 Å². The number of rotatable bonds is 2. The molecule has 0 aliphatic carbocycles. The van der Waals surface area contributed by atoms with Crippen LogP contribution in [0.5, 0.6) is 0 Å². The van der Waals surface area contributed by atoms with Crippen molar-refractivity contribution in [2.75, 3.05) is 0 Å². The van der Waals surface area contributed by atoms with Crippen LogP contribution in [-0.2, 0) is 6.54 Å². The summed E-state index contributed by atoms with van der Waals surface area (Å²) in [5, 5.41) is 0. The number of hydrogen-bond acceptors (Lipinski definition) is 2. The van der Waals surface area contributed by atoms with Crippen LogP contribution in [0.2, 0.25) is 0 Å². The molecule has 3 rings (SSSR count). The van der Waals surface area contributed by atoms with Crippen LogP contribution in [0.1, 0.15) is 11.1 Å². The van der Waals surface area contributed by atoms with Crippen molar-refractivity contribution in [3.63, 3.8) is 0 Å². The maximum absolute atomic E-state index is 5.64. The largest absolute Gasteiger partial charge is 0.326 e. The van der Waals surface area contributed by atoms with Gasteiger partial charge in [-0.05, 0) is 18.6 Å². The first-order valence-electron chi connectivity index (χ1n) is 6.01. The summed E-state index contributed by atoms with van der Waals surface area (Å²) in [5.74, 6) is 0. The lowest BCUT2D eigenvalue weighted by molar-refractivity contribution is 1.03. The smallest absolute Gasteiger partial charge is 0.137 e. The normalized spacial score (nSPS) is 11.0. The van der Waals surface area contributed by atoms with E-state index in [1.807, 2.05) is 28.9 Å². The number of pyridine rings is 1. The van der Waals surface area contributed by atoms with Gasteiger partial charge < -0.3 is 10.1 Å². The van der Waals surface area contributed by atoms with Gasteiger partial charge in [-0.25, -0.2) is 4.98 Å². The molecule has 0 unspecified atom stereocenters. The van der Waals surface area contributed by atoms with Gasteiger partial charge in [-0.2, -0.15) is 0 Å². The minimum Gasteiger partial charge on any atom is -0.326 e. The minimum atomic E-state index is 0.550. The van der Waals surface area contributed by atoms with Crippen LogP contribution in [0.3, 0.4) is 0 Å². The summed E-state index contributed by atoms with van der Waals surface area (Å²) >= 11 is 0. The van der Waals surface area contributed by atoms with Crippen LogP contribution in [0.25, 0.3) is 16.9 Å². The molecule has 0 spiro atoms. The Labute approximate surface area is 106 Å². The maximum Gasteiger partial charge on any atom is 0.137 e. The summed E-state index contributed by atoms with van der Waals surface area (Å²) in [6, 6.07) is 12.4. The zero-order valence-corrected chi connectivity index (χ0v) is 10.3. The van der Waals surface area contributed by atoms with E-state index in [0.29, 0.717) is 6.54 Å². The Balaban J connectivity index is 2.10. The summed E-state index contributed by atoms with van der Waals surface area (Å²) < 4.78 is 2.03. The number of hydrogen-bond donors (Lipinski definition) is 1. The molecule has 2 heterocycles. The second-order valence-electron chi connectivity index (χ2n) is 4.50. The predicted octanol–water partition coefficient (Wildman–Crippen LogP) is 2.77. The fourth-order valence-electron chi connectivity index (χ4n) is 2.02. The molecule has 0 aliphatic rings. The summed E-state index contributed by atoms with van der Waals surface area (Å²) in [5.41, 5.74) is 11.1. The van der Waals surface area contributed by atoms with E-state index < -0.39 is 0 Å². The SMILES string of the molecule is Cc1ccc(-c2cn3cc(CN)ccc3n2)cc1. The Hall–Kier alpha value is -2.13. The molecule has 90 valence electrons. The van der Waals surface area contributed by atoms with Crippen molar-refractivity contribution in [2.45, 2.75) is 13.5 Å². The van der Waals surface area contributed by atoms with Crippen molar-refractivity contribution in [2.24, 2.45) is 5.73 Å². The van der Waals surface area contributed by atoms with Crippen LogP contribution in [0.4, 0.5) is 0 Å². The molecule has 0 bridgehead atoms. The van der Waals surface area contributed by atoms with E-state index in [1.54, 1.807) is 0 Å². The second-order valence-corrected chi connectivity index (χ2v) is 4.50. The third kappa shape index (κ3) is 1.89. The summed E-state index contributed by atoms with van der Waals surface area (Å²) in [6.45, 7) is 2.63. The van der Waals surface area contributed by atoms with E-state index in [4.69, 9.17) is 5.73 Å². The van der Waals surface area contributed by atoms with Crippen LogP contribution < -0.4 is 5.73 Å². The van der Waals surface area contributed by atoms with Gasteiger partial charge in [0.2, 0.25) is 0 Å². The molecular formula is C15H15N3. The molecule has 18 heavy (non-hydrogen) atoms. The number of imidazole rings is 1. The highest BCUT2D eigenvalue weighted by molar-refractivity contribution is 5.62. The van der Waals surface area contributed by atoms with Crippen LogP contribution in [0.15, 0.2) is 48.8 Å². The Morgan fingerprint density at radius 1 is 1.06 bits per heavy atom. The van der Waals surface area contributed by atoms with E-state index in [-0.39, 0.29) is 0 Å². The Kier molecular flexibility index (Phi) is 2.61. The lowest BCUT2D eigenvalue weighted by atomic mass is 10.1. The van der Waals surface area contributed by atoms with Gasteiger partial charge in [0.25, 0.3) is 0 Å². The van der Waals surface area contributed by atoms with E-state index in [9.17, 15) is 0 Å². The number of nitrogens with zero attached hydrogens (tertiary/aromatic N) is 2. The third-order valence-corrected chi connectivity index (χ3v) is 3.10. The molecule has 0 saturated carbocycles. The van der Waals surface area contributed by atoms with E-state index in [1.165, 1.54) is 5.56 Å². The Morgan fingerprint density at radius 3 is 2.56 bits per heavy atom. The fourth-order valence-corrected chi connectivity index (χ4v) is 2.02. The molecule has 3 aromatic rings. The van der Waals surface area contributed by atoms with Crippen molar-refractivity contribution in [3.8, 4) is 11.3 Å². The summed E-state index contributed by atoms with van der Waals surface area (Å²) in [7, 11) is 0. The molecule has 2 aromatic heterocycles. The van der Waals surface area contributed by atoms with Gasteiger partial charge in [0.1, 0.15) is 5.65 Å². The first-order chi connectivity index (χ1) is 8.76. The van der Waals surface area contributed by atoms with Crippen LogP contribution in [-0.4, -0.2) is 9.38 Å². The van der Waals surface area contributed by atoms with Crippen molar-refractivity contribution < 1.29 is 0 Å². The first-order valence-corrected chi connectivity index (χ1v) is 6.01. The molecule has 2 N–H and O–H groups in total. The molecule has 0 aliphatic heterocycles. The molecule has 0 radical (unpaired) electrons. The number of nitrogens with two attached hydrogens (primary N) is 1. The summed E-state index contributed by atoms with van der Waals surface area (Å²) in [6.07, 6.45) is 4.07. The van der Waals surface area contributed by atoms with Crippen LogP contribution in [0, 0.1) is 6.92 Å². The van der Waals surface area contributed by atoms with Crippen molar-refractivity contribution in [1.29, 1.82) is 0 Å².